The van der Waals surface area contributed by atoms with Crippen molar-refractivity contribution in [2.24, 2.45) is 0 Å². The van der Waals surface area contributed by atoms with Crippen LogP contribution < -0.4 is 9.47 Å². The third-order valence-electron chi connectivity index (χ3n) is 8.64. The van der Waals surface area contributed by atoms with Crippen molar-refractivity contribution in [1.29, 1.82) is 0 Å². The van der Waals surface area contributed by atoms with E-state index in [9.17, 15) is 0 Å². The fourth-order valence-electron chi connectivity index (χ4n) is 6.30. The van der Waals surface area contributed by atoms with Crippen LogP contribution in [0.15, 0.2) is 72.9 Å². The molecule has 0 radical (unpaired) electrons. The van der Waals surface area contributed by atoms with Crippen LogP contribution in [0, 0.1) is 18.5 Å². The molecule has 210 valence electrons. The van der Waals surface area contributed by atoms with Crippen molar-refractivity contribution in [2.75, 3.05) is 11.9 Å². The van der Waals surface area contributed by atoms with Gasteiger partial charge in [0.1, 0.15) is 0 Å². The van der Waals surface area contributed by atoms with E-state index in [1.165, 1.54) is 46.4 Å². The second-order valence-electron chi connectivity index (χ2n) is 12.6. The molecule has 0 fully saturated rings. The Morgan fingerprint density at radius 2 is 1.66 bits per heavy atom. The zero-order valence-electron chi connectivity index (χ0n) is 25.0. The Morgan fingerprint density at radius 1 is 0.902 bits per heavy atom. The number of nitrogens with zero attached hydrogens (tertiary/aromatic N) is 4. The summed E-state index contributed by atoms with van der Waals surface area (Å²) in [6.45, 7) is 14.0. The van der Waals surface area contributed by atoms with Crippen molar-refractivity contribution < 1.29 is 24.7 Å². The molecule has 5 aromatic rings. The molecule has 1 aliphatic carbocycles. The molecule has 0 spiro atoms. The maximum Gasteiger partial charge on any atom is 3.00 e. The van der Waals surface area contributed by atoms with Crippen molar-refractivity contribution in [1.82, 2.24) is 9.55 Å². The molecule has 7 rings (SSSR count). The van der Waals surface area contributed by atoms with Crippen molar-refractivity contribution >= 4 is 22.4 Å². The van der Waals surface area contributed by atoms with E-state index in [2.05, 4.69) is 110 Å². The number of pyridine rings is 1. The summed E-state index contributed by atoms with van der Waals surface area (Å²) >= 11 is 0. The smallest absolute Gasteiger partial charge is 0.407 e. The second kappa shape index (κ2) is 10.9. The maximum atomic E-state index is 4.22. The summed E-state index contributed by atoms with van der Waals surface area (Å²) in [5.41, 5.74) is 11.4. The number of benzene rings is 3. The van der Waals surface area contributed by atoms with Gasteiger partial charge in [-0.15, -0.1) is 47.0 Å². The molecule has 5 heteroatoms. The van der Waals surface area contributed by atoms with Gasteiger partial charge in [0.2, 0.25) is 6.33 Å². The summed E-state index contributed by atoms with van der Waals surface area (Å²) in [7, 11) is 2.22. The van der Waals surface area contributed by atoms with Gasteiger partial charge in [0.05, 0.1) is 17.1 Å². The van der Waals surface area contributed by atoms with Crippen molar-refractivity contribution in [3.63, 3.8) is 0 Å². The van der Waals surface area contributed by atoms with Gasteiger partial charge in [0.25, 0.3) is 0 Å². The minimum atomic E-state index is 0. The van der Waals surface area contributed by atoms with E-state index in [-0.39, 0.29) is 30.9 Å². The molecule has 0 bridgehead atoms. The number of imidazole rings is 1. The van der Waals surface area contributed by atoms with Crippen LogP contribution in [0.2, 0.25) is 0 Å². The third kappa shape index (κ3) is 4.94. The first-order chi connectivity index (χ1) is 19.1. The van der Waals surface area contributed by atoms with E-state index in [0.29, 0.717) is 6.04 Å². The van der Waals surface area contributed by atoms with E-state index in [1.54, 1.807) is 6.20 Å². The number of anilines is 2. The van der Waals surface area contributed by atoms with Gasteiger partial charge in [-0.05, 0) is 56.2 Å². The number of rotatable bonds is 2. The van der Waals surface area contributed by atoms with E-state index >= 15 is 0 Å². The Hall–Kier alpha value is -3.27. The van der Waals surface area contributed by atoms with Crippen LogP contribution >= 0.6 is 0 Å². The Labute approximate surface area is 258 Å². The van der Waals surface area contributed by atoms with Crippen LogP contribution in [0.25, 0.3) is 28.0 Å². The Bertz CT molecular complexity index is 1650. The molecule has 0 unspecified atom stereocenters. The topological polar surface area (TPSA) is 24.9 Å². The summed E-state index contributed by atoms with van der Waals surface area (Å²) in [4.78, 5) is 6.62. The normalized spacial score (nSPS) is 15.9. The second-order valence-corrected chi connectivity index (χ2v) is 12.6. The van der Waals surface area contributed by atoms with Crippen LogP contribution in [0.5, 0.6) is 0 Å². The van der Waals surface area contributed by atoms with Crippen molar-refractivity contribution in [2.45, 2.75) is 71.3 Å². The molecule has 1 aliphatic heterocycles. The predicted octanol–water partition coefficient (Wildman–Crippen LogP) is 8.08. The monoisotopic (exact) mass is 719 g/mol. The Balaban J connectivity index is 0.000000218. The van der Waals surface area contributed by atoms with Gasteiger partial charge in [-0.2, -0.15) is 12.1 Å². The van der Waals surface area contributed by atoms with Gasteiger partial charge < -0.3 is 19.0 Å². The van der Waals surface area contributed by atoms with Crippen LogP contribution in [0.3, 0.4) is 0 Å². The number of aromatic nitrogens is 3. The zero-order chi connectivity index (χ0) is 28.2. The van der Waals surface area contributed by atoms with Crippen LogP contribution in [-0.4, -0.2) is 16.6 Å². The molecule has 2 aromatic heterocycles. The molecular formula is C36H38IrN4+. The van der Waals surface area contributed by atoms with E-state index in [4.69, 9.17) is 0 Å². The van der Waals surface area contributed by atoms with Gasteiger partial charge in [-0.3, -0.25) is 0 Å². The standard InChI is InChI=1S/C25H30N3.C11H8N.Ir/c1-16(2)27-15-28-20-12-11-17-21(25(5,6)14-13-24(17,3)4)23(20)26(7)18-9-8-10-19(27)22(18)28;1-2-6-10(7-3-1)11-8-4-5-9-12-11;/h8-11,16H,13-14H2,1-7H3;1-6,8-9H;/q2*-1;+3. The Morgan fingerprint density at radius 3 is 2.34 bits per heavy atom. The van der Waals surface area contributed by atoms with Crippen LogP contribution in [0.1, 0.15) is 71.6 Å². The number of hydrogen-bond donors (Lipinski definition) is 0. The molecule has 3 heterocycles. The summed E-state index contributed by atoms with van der Waals surface area (Å²) < 4.78 is 4.50. The molecule has 0 N–H and O–H groups in total. The van der Waals surface area contributed by atoms with Crippen molar-refractivity contribution in [3.8, 4) is 16.9 Å². The number of fused-ring (bicyclic) bond motifs is 4. The van der Waals surface area contributed by atoms with Crippen LogP contribution in [0.4, 0.5) is 11.4 Å². The van der Waals surface area contributed by atoms with E-state index in [0.717, 1.165) is 16.9 Å². The molecular weight excluding hydrogens is 681 g/mol. The van der Waals surface area contributed by atoms with E-state index in [1.807, 2.05) is 42.5 Å². The molecule has 41 heavy (non-hydrogen) atoms. The fourth-order valence-corrected chi connectivity index (χ4v) is 6.30. The van der Waals surface area contributed by atoms with Crippen LogP contribution in [-0.2, 0) is 30.9 Å². The van der Waals surface area contributed by atoms with E-state index < -0.39 is 0 Å². The van der Waals surface area contributed by atoms with Gasteiger partial charge in [-0.25, -0.2) is 0 Å². The van der Waals surface area contributed by atoms with Crippen molar-refractivity contribution in [3.05, 3.63) is 103 Å². The molecule has 4 nitrogen and oxygen atoms in total. The molecule has 0 saturated carbocycles. The quantitative estimate of drug-likeness (QED) is 0.136. The average molecular weight is 719 g/mol. The molecule has 2 aliphatic rings. The summed E-state index contributed by atoms with van der Waals surface area (Å²) in [6, 6.07) is 29.7. The largest absolute Gasteiger partial charge is 3.00 e. The molecule has 0 amide bonds. The first-order valence-electron chi connectivity index (χ1n) is 14.3. The SMILES string of the molecule is CC(C)n1[c-][n+]2c3c(cccc31)N(C)c1c-2[c-]cc2c1C(C)(C)CCC2(C)C.[Ir+3].[c-]1ccccc1-c1ccccn1. The summed E-state index contributed by atoms with van der Waals surface area (Å²) in [5, 5.41) is 0. The maximum absolute atomic E-state index is 4.22. The first kappa shape index (κ1) is 29.2. The number of hydrogen-bond acceptors (Lipinski definition) is 2. The Kier molecular flexibility index (Phi) is 7.74. The summed E-state index contributed by atoms with van der Waals surface area (Å²) in [5.74, 6) is 0. The molecule has 0 saturated heterocycles. The van der Waals surface area contributed by atoms with Gasteiger partial charge in [0.15, 0.2) is 0 Å². The average Bonchev–Trinajstić information content (AvgIpc) is 3.36. The first-order valence-corrected chi connectivity index (χ1v) is 14.3. The van der Waals surface area contributed by atoms with Gasteiger partial charge in [0, 0.05) is 11.9 Å². The molecule has 0 atom stereocenters. The van der Waals surface area contributed by atoms with Gasteiger partial charge >= 0.3 is 20.1 Å². The minimum Gasteiger partial charge on any atom is -0.407 e. The summed E-state index contributed by atoms with van der Waals surface area (Å²) in [6.07, 6.45) is 7.85. The zero-order valence-corrected chi connectivity index (χ0v) is 27.4. The predicted molar refractivity (Wildman–Crippen MR) is 163 cm³/mol. The molecule has 3 aromatic carbocycles. The van der Waals surface area contributed by atoms with Gasteiger partial charge in [-0.1, -0.05) is 69.5 Å². The third-order valence-corrected chi connectivity index (χ3v) is 8.64. The number of para-hydroxylation sites is 1. The minimum absolute atomic E-state index is 0. The fraction of sp³-hybridized carbons (Fsp3) is 0.333.